The molecule has 0 bridgehead atoms. The molecule has 108 valence electrons. The highest BCUT2D eigenvalue weighted by atomic mass is 15.3. The van der Waals surface area contributed by atoms with E-state index in [-0.39, 0.29) is 6.04 Å². The number of aromatic nitrogens is 2. The van der Waals surface area contributed by atoms with Crippen molar-refractivity contribution in [2.24, 2.45) is 0 Å². The summed E-state index contributed by atoms with van der Waals surface area (Å²) in [7, 11) is 0. The van der Waals surface area contributed by atoms with E-state index in [4.69, 9.17) is 0 Å². The summed E-state index contributed by atoms with van der Waals surface area (Å²) in [6, 6.07) is 6.78. The molecular formula is C17H25N3. The Hall–Kier alpha value is -1.77. The van der Waals surface area contributed by atoms with Crippen molar-refractivity contribution in [1.29, 1.82) is 0 Å². The molecule has 2 rings (SSSR count). The van der Waals surface area contributed by atoms with Crippen molar-refractivity contribution >= 4 is 5.69 Å². The highest BCUT2D eigenvalue weighted by Crippen LogP contribution is 2.26. The molecule has 1 N–H and O–H groups in total. The molecule has 0 aliphatic rings. The predicted octanol–water partition coefficient (Wildman–Crippen LogP) is 4.31. The van der Waals surface area contributed by atoms with Crippen LogP contribution in [0.3, 0.4) is 0 Å². The number of aryl methyl sites for hydroxylation is 4. The zero-order valence-corrected chi connectivity index (χ0v) is 13.4. The second-order valence-electron chi connectivity index (χ2n) is 5.57. The van der Waals surface area contributed by atoms with Gasteiger partial charge in [-0.3, -0.25) is 4.68 Å². The largest absolute Gasteiger partial charge is 0.378 e. The fraction of sp³-hybridized carbons (Fsp3) is 0.471. The van der Waals surface area contributed by atoms with Crippen LogP contribution < -0.4 is 5.32 Å². The van der Waals surface area contributed by atoms with Gasteiger partial charge in [0.2, 0.25) is 0 Å². The molecule has 1 aromatic carbocycles. The quantitative estimate of drug-likeness (QED) is 0.898. The van der Waals surface area contributed by atoms with E-state index in [1.54, 1.807) is 0 Å². The molecule has 1 atom stereocenters. The summed E-state index contributed by atoms with van der Waals surface area (Å²) in [4.78, 5) is 0. The van der Waals surface area contributed by atoms with E-state index in [0.717, 1.165) is 12.2 Å². The van der Waals surface area contributed by atoms with Crippen LogP contribution in [0.2, 0.25) is 0 Å². The summed E-state index contributed by atoms with van der Waals surface area (Å²) < 4.78 is 2.07. The molecule has 3 heteroatoms. The van der Waals surface area contributed by atoms with Crippen molar-refractivity contribution in [3.05, 3.63) is 46.3 Å². The minimum absolute atomic E-state index is 0.261. The zero-order valence-electron chi connectivity index (χ0n) is 13.4. The first-order valence-corrected chi connectivity index (χ1v) is 7.31. The van der Waals surface area contributed by atoms with E-state index in [2.05, 4.69) is 74.8 Å². The lowest BCUT2D eigenvalue weighted by Gasteiger charge is -2.17. The Morgan fingerprint density at radius 3 is 2.40 bits per heavy atom. The second kappa shape index (κ2) is 5.70. The Balaban J connectivity index is 2.25. The average Bonchev–Trinajstić information content (AvgIpc) is 2.68. The standard InChI is InChI=1S/C17H25N3/c1-7-20-15(6)17(14(5)19-20)13(4)18-16-9-8-11(2)12(3)10-16/h8-10,13,18H,7H2,1-6H3. The Morgan fingerprint density at radius 1 is 1.15 bits per heavy atom. The smallest absolute Gasteiger partial charge is 0.0649 e. The minimum Gasteiger partial charge on any atom is -0.378 e. The molecule has 0 aliphatic carbocycles. The lowest BCUT2D eigenvalue weighted by Crippen LogP contribution is -2.09. The average molecular weight is 271 g/mol. The highest BCUT2D eigenvalue weighted by Gasteiger charge is 2.16. The van der Waals surface area contributed by atoms with Gasteiger partial charge in [0, 0.05) is 23.5 Å². The van der Waals surface area contributed by atoms with E-state index in [1.165, 1.54) is 28.1 Å². The van der Waals surface area contributed by atoms with Crippen molar-refractivity contribution in [3.8, 4) is 0 Å². The van der Waals surface area contributed by atoms with Crippen LogP contribution in [-0.4, -0.2) is 9.78 Å². The van der Waals surface area contributed by atoms with E-state index < -0.39 is 0 Å². The van der Waals surface area contributed by atoms with Gasteiger partial charge in [-0.1, -0.05) is 6.07 Å². The summed E-state index contributed by atoms with van der Waals surface area (Å²) in [6.07, 6.45) is 0. The Bertz CT molecular complexity index is 611. The molecule has 0 saturated carbocycles. The summed E-state index contributed by atoms with van der Waals surface area (Å²) in [6.45, 7) is 13.8. The number of rotatable bonds is 4. The first-order valence-electron chi connectivity index (χ1n) is 7.31. The van der Waals surface area contributed by atoms with Gasteiger partial charge in [-0.2, -0.15) is 5.10 Å². The number of benzene rings is 1. The van der Waals surface area contributed by atoms with Gasteiger partial charge < -0.3 is 5.32 Å². The maximum absolute atomic E-state index is 4.60. The molecule has 3 nitrogen and oxygen atoms in total. The van der Waals surface area contributed by atoms with E-state index in [1.807, 2.05) is 0 Å². The van der Waals surface area contributed by atoms with Gasteiger partial charge in [0.05, 0.1) is 11.7 Å². The fourth-order valence-corrected chi connectivity index (χ4v) is 2.80. The fourth-order valence-electron chi connectivity index (χ4n) is 2.80. The Morgan fingerprint density at radius 2 is 1.85 bits per heavy atom. The summed E-state index contributed by atoms with van der Waals surface area (Å²) in [5.41, 5.74) is 7.50. The molecule has 0 amide bonds. The molecule has 0 aliphatic heterocycles. The van der Waals surface area contributed by atoms with Crippen molar-refractivity contribution in [2.45, 2.75) is 54.1 Å². The third-order valence-electron chi connectivity index (χ3n) is 4.06. The zero-order chi connectivity index (χ0) is 14.9. The number of nitrogens with one attached hydrogen (secondary N) is 1. The van der Waals surface area contributed by atoms with Gasteiger partial charge in [0.1, 0.15) is 0 Å². The topological polar surface area (TPSA) is 29.9 Å². The molecule has 0 fully saturated rings. The number of hydrogen-bond donors (Lipinski definition) is 1. The Labute approximate surface area is 122 Å². The predicted molar refractivity (Wildman–Crippen MR) is 85.3 cm³/mol. The molecule has 0 spiro atoms. The van der Waals surface area contributed by atoms with Crippen LogP contribution in [0.4, 0.5) is 5.69 Å². The van der Waals surface area contributed by atoms with Crippen LogP contribution in [0.1, 0.15) is 48.0 Å². The first kappa shape index (κ1) is 14.6. The lowest BCUT2D eigenvalue weighted by molar-refractivity contribution is 0.632. The molecule has 20 heavy (non-hydrogen) atoms. The summed E-state index contributed by atoms with van der Waals surface area (Å²) in [5.74, 6) is 0. The third-order valence-corrected chi connectivity index (χ3v) is 4.06. The van der Waals surface area contributed by atoms with Gasteiger partial charge in [-0.15, -0.1) is 0 Å². The van der Waals surface area contributed by atoms with Gasteiger partial charge in [0.25, 0.3) is 0 Å². The van der Waals surface area contributed by atoms with Crippen molar-refractivity contribution in [2.75, 3.05) is 5.32 Å². The monoisotopic (exact) mass is 271 g/mol. The molecule has 1 aromatic heterocycles. The molecule has 0 saturated heterocycles. The molecule has 1 heterocycles. The third kappa shape index (κ3) is 2.72. The van der Waals surface area contributed by atoms with Gasteiger partial charge in [0.15, 0.2) is 0 Å². The normalized spacial score (nSPS) is 12.5. The molecule has 0 radical (unpaired) electrons. The number of nitrogens with zero attached hydrogens (tertiary/aromatic N) is 2. The van der Waals surface area contributed by atoms with Crippen LogP contribution in [0, 0.1) is 27.7 Å². The number of anilines is 1. The molecule has 1 unspecified atom stereocenters. The van der Waals surface area contributed by atoms with Crippen LogP contribution in [0.25, 0.3) is 0 Å². The van der Waals surface area contributed by atoms with Crippen molar-refractivity contribution in [3.63, 3.8) is 0 Å². The molecule has 2 aromatic rings. The van der Waals surface area contributed by atoms with E-state index in [0.29, 0.717) is 0 Å². The minimum atomic E-state index is 0.261. The van der Waals surface area contributed by atoms with Crippen molar-refractivity contribution < 1.29 is 0 Å². The SMILES string of the molecule is CCn1nc(C)c(C(C)Nc2ccc(C)c(C)c2)c1C. The van der Waals surface area contributed by atoms with Crippen molar-refractivity contribution in [1.82, 2.24) is 9.78 Å². The summed E-state index contributed by atoms with van der Waals surface area (Å²) in [5, 5.41) is 8.19. The van der Waals surface area contributed by atoms with Gasteiger partial charge >= 0.3 is 0 Å². The number of hydrogen-bond acceptors (Lipinski definition) is 2. The highest BCUT2D eigenvalue weighted by molar-refractivity contribution is 5.50. The van der Waals surface area contributed by atoms with Gasteiger partial charge in [-0.25, -0.2) is 0 Å². The summed E-state index contributed by atoms with van der Waals surface area (Å²) >= 11 is 0. The lowest BCUT2D eigenvalue weighted by atomic mass is 10.0. The van der Waals surface area contributed by atoms with Gasteiger partial charge in [-0.05, 0) is 64.8 Å². The Kier molecular flexibility index (Phi) is 4.17. The van der Waals surface area contributed by atoms with Crippen LogP contribution >= 0.6 is 0 Å². The van der Waals surface area contributed by atoms with Crippen LogP contribution in [0.5, 0.6) is 0 Å². The first-order chi connectivity index (χ1) is 9.43. The van der Waals surface area contributed by atoms with Crippen LogP contribution in [-0.2, 0) is 6.54 Å². The second-order valence-corrected chi connectivity index (χ2v) is 5.57. The molecular weight excluding hydrogens is 246 g/mol. The van der Waals surface area contributed by atoms with E-state index >= 15 is 0 Å². The maximum atomic E-state index is 4.60. The van der Waals surface area contributed by atoms with Crippen LogP contribution in [0.15, 0.2) is 18.2 Å². The van der Waals surface area contributed by atoms with E-state index in [9.17, 15) is 0 Å². The maximum Gasteiger partial charge on any atom is 0.0649 e.